The molecule has 0 bridgehead atoms. The summed E-state index contributed by atoms with van der Waals surface area (Å²) in [6, 6.07) is 3.68. The lowest BCUT2D eigenvalue weighted by molar-refractivity contribution is 0.0950. The van der Waals surface area contributed by atoms with Crippen LogP contribution in [0, 0.1) is 13.8 Å². The highest BCUT2D eigenvalue weighted by Gasteiger charge is 2.12. The highest BCUT2D eigenvalue weighted by Crippen LogP contribution is 2.16. The van der Waals surface area contributed by atoms with Crippen molar-refractivity contribution in [1.29, 1.82) is 0 Å². The molecule has 2 aromatic heterocycles. The third kappa shape index (κ3) is 4.05. The van der Waals surface area contributed by atoms with Gasteiger partial charge in [-0.1, -0.05) is 12.1 Å². The van der Waals surface area contributed by atoms with Crippen molar-refractivity contribution < 1.29 is 9.32 Å². The van der Waals surface area contributed by atoms with Crippen molar-refractivity contribution in [2.75, 3.05) is 11.9 Å². The summed E-state index contributed by atoms with van der Waals surface area (Å²) in [5, 5.41) is 9.92. The molecule has 2 heterocycles. The van der Waals surface area contributed by atoms with E-state index in [0.717, 1.165) is 30.1 Å². The lowest BCUT2D eigenvalue weighted by atomic mass is 10.2. The molecule has 2 N–H and O–H groups in total. The van der Waals surface area contributed by atoms with E-state index in [4.69, 9.17) is 4.52 Å². The van der Waals surface area contributed by atoms with Crippen molar-refractivity contribution in [3.8, 4) is 0 Å². The van der Waals surface area contributed by atoms with Gasteiger partial charge in [-0.2, -0.15) is 0 Å². The Labute approximate surface area is 123 Å². The maximum atomic E-state index is 12.3. The second kappa shape index (κ2) is 6.88. The monoisotopic (exact) mass is 288 g/mol. The number of nitrogens with zero attached hydrogens (tertiary/aromatic N) is 2. The number of aromatic nitrogens is 2. The van der Waals surface area contributed by atoms with Crippen molar-refractivity contribution in [1.82, 2.24) is 15.5 Å². The minimum Gasteiger partial charge on any atom is -0.384 e. The van der Waals surface area contributed by atoms with Gasteiger partial charge in [0, 0.05) is 24.5 Å². The van der Waals surface area contributed by atoms with Crippen LogP contribution in [0.25, 0.3) is 0 Å². The van der Waals surface area contributed by atoms with Gasteiger partial charge in [0.25, 0.3) is 5.91 Å². The molecule has 0 aliphatic rings. The normalized spacial score (nSPS) is 10.4. The number of aryl methyl sites for hydroxylation is 2. The second-order valence-corrected chi connectivity index (χ2v) is 4.91. The summed E-state index contributed by atoms with van der Waals surface area (Å²) in [4.78, 5) is 16.5. The highest BCUT2D eigenvalue weighted by atomic mass is 16.5. The van der Waals surface area contributed by atoms with E-state index in [1.54, 1.807) is 12.3 Å². The summed E-state index contributed by atoms with van der Waals surface area (Å²) in [5.74, 6) is 0.545. The molecule has 0 aliphatic heterocycles. The minimum absolute atomic E-state index is 0.179. The van der Waals surface area contributed by atoms with Crippen molar-refractivity contribution in [3.05, 3.63) is 41.0 Å². The molecule has 0 unspecified atom stereocenters. The van der Waals surface area contributed by atoms with E-state index in [9.17, 15) is 4.79 Å². The van der Waals surface area contributed by atoms with Gasteiger partial charge in [0.15, 0.2) is 0 Å². The van der Waals surface area contributed by atoms with Crippen molar-refractivity contribution in [2.45, 2.75) is 33.7 Å². The first-order chi connectivity index (χ1) is 10.1. The first-order valence-corrected chi connectivity index (χ1v) is 7.01. The number of anilines is 1. The summed E-state index contributed by atoms with van der Waals surface area (Å²) >= 11 is 0. The van der Waals surface area contributed by atoms with Crippen LogP contribution in [0.15, 0.2) is 22.9 Å². The third-order valence-electron chi connectivity index (χ3n) is 2.96. The number of amides is 1. The average Bonchev–Trinajstić information content (AvgIpc) is 2.88. The van der Waals surface area contributed by atoms with E-state index in [1.165, 1.54) is 0 Å². The lowest BCUT2D eigenvalue weighted by Gasteiger charge is -2.11. The maximum absolute atomic E-state index is 12.3. The Balaban J connectivity index is 2.07. The molecule has 21 heavy (non-hydrogen) atoms. The Hall–Kier alpha value is -2.37. The average molecular weight is 288 g/mol. The molecule has 112 valence electrons. The van der Waals surface area contributed by atoms with Crippen LogP contribution >= 0.6 is 0 Å². The van der Waals surface area contributed by atoms with Crippen LogP contribution < -0.4 is 10.6 Å². The molecular formula is C15H20N4O2. The van der Waals surface area contributed by atoms with Crippen molar-refractivity contribution >= 4 is 11.6 Å². The van der Waals surface area contributed by atoms with Crippen LogP contribution in [0.5, 0.6) is 0 Å². The first kappa shape index (κ1) is 15.0. The summed E-state index contributed by atoms with van der Waals surface area (Å²) in [6.45, 7) is 6.93. The van der Waals surface area contributed by atoms with Gasteiger partial charge in [-0.3, -0.25) is 9.78 Å². The highest BCUT2D eigenvalue weighted by molar-refractivity contribution is 5.99. The number of rotatable bonds is 6. The van der Waals surface area contributed by atoms with Gasteiger partial charge in [0.05, 0.1) is 17.8 Å². The standard InChI is InChI=1S/C15H20N4O2/c1-4-5-16-14-6-10(2)17-9-13(14)15(20)18-8-12-7-11(3)21-19-12/h6-7,9H,4-5,8H2,1-3H3,(H,16,17)(H,18,20). The van der Waals surface area contributed by atoms with Gasteiger partial charge in [0.1, 0.15) is 11.5 Å². The van der Waals surface area contributed by atoms with Crippen molar-refractivity contribution in [3.63, 3.8) is 0 Å². The zero-order valence-corrected chi connectivity index (χ0v) is 12.6. The predicted octanol–water partition coefficient (Wildman–Crippen LogP) is 2.44. The minimum atomic E-state index is -0.179. The summed E-state index contributed by atoms with van der Waals surface area (Å²) < 4.78 is 4.97. The maximum Gasteiger partial charge on any atom is 0.255 e. The summed E-state index contributed by atoms with van der Waals surface area (Å²) in [7, 11) is 0. The Bertz CT molecular complexity index is 622. The number of nitrogens with one attached hydrogen (secondary N) is 2. The molecule has 0 saturated carbocycles. The number of carbonyl (C=O) groups excluding carboxylic acids is 1. The molecule has 0 atom stereocenters. The second-order valence-electron chi connectivity index (χ2n) is 4.91. The van der Waals surface area contributed by atoms with Gasteiger partial charge in [-0.25, -0.2) is 0 Å². The molecule has 0 aromatic carbocycles. The van der Waals surface area contributed by atoms with E-state index in [2.05, 4.69) is 27.7 Å². The fourth-order valence-corrected chi connectivity index (χ4v) is 1.91. The van der Waals surface area contributed by atoms with E-state index in [-0.39, 0.29) is 5.91 Å². The Morgan fingerprint density at radius 2 is 2.14 bits per heavy atom. The zero-order valence-electron chi connectivity index (χ0n) is 12.6. The summed E-state index contributed by atoms with van der Waals surface area (Å²) in [6.07, 6.45) is 2.58. The number of carbonyl (C=O) groups is 1. The van der Waals surface area contributed by atoms with E-state index in [0.29, 0.717) is 17.8 Å². The van der Waals surface area contributed by atoms with Crippen LogP contribution in [-0.4, -0.2) is 22.6 Å². The molecule has 0 spiro atoms. The fourth-order valence-electron chi connectivity index (χ4n) is 1.91. The van der Waals surface area contributed by atoms with Gasteiger partial charge in [-0.05, 0) is 26.3 Å². The van der Waals surface area contributed by atoms with Gasteiger partial charge < -0.3 is 15.2 Å². The SMILES string of the molecule is CCCNc1cc(C)ncc1C(=O)NCc1cc(C)on1. The Morgan fingerprint density at radius 3 is 2.81 bits per heavy atom. The van der Waals surface area contributed by atoms with Gasteiger partial charge in [-0.15, -0.1) is 0 Å². The third-order valence-corrected chi connectivity index (χ3v) is 2.96. The zero-order chi connectivity index (χ0) is 15.2. The quantitative estimate of drug-likeness (QED) is 0.853. The molecule has 0 radical (unpaired) electrons. The Morgan fingerprint density at radius 1 is 1.33 bits per heavy atom. The number of pyridine rings is 1. The number of hydrogen-bond acceptors (Lipinski definition) is 5. The van der Waals surface area contributed by atoms with Crippen LogP contribution in [-0.2, 0) is 6.54 Å². The van der Waals surface area contributed by atoms with Gasteiger partial charge >= 0.3 is 0 Å². The predicted molar refractivity (Wildman–Crippen MR) is 80.2 cm³/mol. The van der Waals surface area contributed by atoms with Crippen LogP contribution in [0.2, 0.25) is 0 Å². The largest absolute Gasteiger partial charge is 0.384 e. The van der Waals surface area contributed by atoms with E-state index < -0.39 is 0 Å². The molecule has 2 rings (SSSR count). The lowest BCUT2D eigenvalue weighted by Crippen LogP contribution is -2.24. The van der Waals surface area contributed by atoms with E-state index in [1.807, 2.05) is 19.9 Å². The number of hydrogen-bond donors (Lipinski definition) is 2. The fraction of sp³-hybridized carbons (Fsp3) is 0.400. The molecular weight excluding hydrogens is 268 g/mol. The Kier molecular flexibility index (Phi) is 4.92. The smallest absolute Gasteiger partial charge is 0.255 e. The molecule has 0 fully saturated rings. The van der Waals surface area contributed by atoms with Gasteiger partial charge in [0.2, 0.25) is 0 Å². The van der Waals surface area contributed by atoms with Crippen LogP contribution in [0.1, 0.15) is 40.9 Å². The molecule has 0 aliphatic carbocycles. The van der Waals surface area contributed by atoms with Crippen LogP contribution in [0.3, 0.4) is 0 Å². The molecule has 6 heteroatoms. The first-order valence-electron chi connectivity index (χ1n) is 7.01. The molecule has 1 amide bonds. The summed E-state index contributed by atoms with van der Waals surface area (Å²) in [5.41, 5.74) is 2.91. The molecule has 2 aromatic rings. The topological polar surface area (TPSA) is 80.0 Å². The molecule has 0 saturated heterocycles. The molecule has 6 nitrogen and oxygen atoms in total. The van der Waals surface area contributed by atoms with Crippen LogP contribution in [0.4, 0.5) is 5.69 Å². The van der Waals surface area contributed by atoms with E-state index >= 15 is 0 Å². The van der Waals surface area contributed by atoms with Crippen molar-refractivity contribution in [2.24, 2.45) is 0 Å².